The summed E-state index contributed by atoms with van der Waals surface area (Å²) in [4.78, 5) is 17.7. The molecule has 0 aliphatic carbocycles. The van der Waals surface area contributed by atoms with Crippen LogP contribution in [0.2, 0.25) is 0 Å². The lowest BCUT2D eigenvalue weighted by Crippen LogP contribution is -2.51. The van der Waals surface area contributed by atoms with Crippen LogP contribution in [0.5, 0.6) is 23.0 Å². The summed E-state index contributed by atoms with van der Waals surface area (Å²) in [5, 5.41) is 0. The summed E-state index contributed by atoms with van der Waals surface area (Å²) in [5.74, 6) is 2.33. The van der Waals surface area contributed by atoms with E-state index in [4.69, 9.17) is 18.9 Å². The van der Waals surface area contributed by atoms with E-state index in [1.807, 2.05) is 25.1 Å². The first-order valence-electron chi connectivity index (χ1n) is 9.99. The van der Waals surface area contributed by atoms with E-state index < -0.39 is 0 Å². The molecule has 3 rings (SSSR count). The minimum Gasteiger partial charge on any atom is -0.497 e. The zero-order valence-corrected chi connectivity index (χ0v) is 19.5. The predicted octanol–water partition coefficient (Wildman–Crippen LogP) is 3.54. The molecule has 7 nitrogen and oxygen atoms in total. The van der Waals surface area contributed by atoms with Crippen LogP contribution in [0.1, 0.15) is 17.3 Å². The Kier molecular flexibility index (Phi) is 8.83. The summed E-state index contributed by atoms with van der Waals surface area (Å²) in [7, 11) is 6.32. The third-order valence-corrected chi connectivity index (χ3v) is 5.61. The molecule has 31 heavy (non-hydrogen) atoms. The van der Waals surface area contributed by atoms with Gasteiger partial charge in [-0.25, -0.2) is 0 Å². The Hall–Kier alpha value is -2.64. The molecular formula is C23H31ClN2O5. The standard InChI is InChI=1S/C23H30N2O5.ClH/c1-16(22(26)17-13-20(28-3)23(30-5)21(14-17)29-4)24-9-11-25(12-10-24)18-7-6-8-19(15-18)27-2;/h6-8,13-16H,9-12H2,1-5H3;1H. The van der Waals surface area contributed by atoms with Crippen molar-refractivity contribution in [2.45, 2.75) is 13.0 Å². The Bertz CT molecular complexity index is 859. The summed E-state index contributed by atoms with van der Waals surface area (Å²) in [6, 6.07) is 11.2. The molecule has 1 fully saturated rings. The summed E-state index contributed by atoms with van der Waals surface area (Å²) in [5.41, 5.74) is 1.69. The first-order valence-corrected chi connectivity index (χ1v) is 9.99. The Labute approximate surface area is 190 Å². The fraction of sp³-hybridized carbons (Fsp3) is 0.435. The van der Waals surface area contributed by atoms with E-state index in [-0.39, 0.29) is 24.2 Å². The van der Waals surface area contributed by atoms with Crippen molar-refractivity contribution in [1.29, 1.82) is 0 Å². The van der Waals surface area contributed by atoms with Crippen LogP contribution in [-0.2, 0) is 0 Å². The lowest BCUT2D eigenvalue weighted by molar-refractivity contribution is 0.0829. The largest absolute Gasteiger partial charge is 0.497 e. The van der Waals surface area contributed by atoms with Gasteiger partial charge in [0.1, 0.15) is 5.75 Å². The van der Waals surface area contributed by atoms with Crippen molar-refractivity contribution in [2.75, 3.05) is 59.5 Å². The van der Waals surface area contributed by atoms with Crippen molar-refractivity contribution in [2.24, 2.45) is 0 Å². The number of nitrogens with zero attached hydrogens (tertiary/aromatic N) is 2. The molecule has 1 atom stereocenters. The van der Waals surface area contributed by atoms with E-state index in [0.717, 1.165) is 37.6 Å². The van der Waals surface area contributed by atoms with E-state index in [2.05, 4.69) is 15.9 Å². The number of Topliss-reactive ketones (excluding diaryl/α,β-unsaturated/α-hetero) is 1. The minimum atomic E-state index is -0.250. The Morgan fingerprint density at radius 3 is 2.00 bits per heavy atom. The fourth-order valence-corrected chi connectivity index (χ4v) is 3.80. The highest BCUT2D eigenvalue weighted by molar-refractivity contribution is 6.01. The molecule has 0 radical (unpaired) electrons. The van der Waals surface area contributed by atoms with Gasteiger partial charge in [0.15, 0.2) is 17.3 Å². The predicted molar refractivity (Wildman–Crippen MR) is 124 cm³/mol. The van der Waals surface area contributed by atoms with E-state index in [1.165, 1.54) is 0 Å². The first-order chi connectivity index (χ1) is 14.5. The molecule has 0 bridgehead atoms. The van der Waals surface area contributed by atoms with Gasteiger partial charge < -0.3 is 23.8 Å². The number of ether oxygens (including phenoxy) is 4. The quantitative estimate of drug-likeness (QED) is 0.570. The molecule has 0 aromatic heterocycles. The van der Waals surface area contributed by atoms with Crippen LogP contribution in [0.4, 0.5) is 5.69 Å². The zero-order chi connectivity index (χ0) is 21.7. The van der Waals surface area contributed by atoms with Crippen molar-refractivity contribution in [3.8, 4) is 23.0 Å². The maximum absolute atomic E-state index is 13.2. The minimum absolute atomic E-state index is 0. The molecule has 1 aliphatic heterocycles. The molecule has 1 aliphatic rings. The lowest BCUT2D eigenvalue weighted by Gasteiger charge is -2.38. The third kappa shape index (κ3) is 5.35. The Balaban J connectivity index is 0.00000341. The number of hydrogen-bond donors (Lipinski definition) is 0. The molecule has 1 saturated heterocycles. The van der Waals surface area contributed by atoms with Gasteiger partial charge in [-0.1, -0.05) is 6.07 Å². The number of piperazine rings is 1. The van der Waals surface area contributed by atoms with Crippen LogP contribution < -0.4 is 23.8 Å². The Morgan fingerprint density at radius 1 is 0.871 bits per heavy atom. The van der Waals surface area contributed by atoms with Gasteiger partial charge in [-0.2, -0.15) is 0 Å². The van der Waals surface area contributed by atoms with Crippen LogP contribution in [0.3, 0.4) is 0 Å². The molecule has 1 unspecified atom stereocenters. The van der Waals surface area contributed by atoms with Crippen LogP contribution in [0.15, 0.2) is 36.4 Å². The third-order valence-electron chi connectivity index (χ3n) is 5.61. The van der Waals surface area contributed by atoms with Gasteiger partial charge in [0.05, 0.1) is 34.5 Å². The number of methoxy groups -OCH3 is 4. The van der Waals surface area contributed by atoms with Crippen LogP contribution in [-0.4, -0.2) is 71.3 Å². The highest BCUT2D eigenvalue weighted by atomic mass is 35.5. The highest BCUT2D eigenvalue weighted by Gasteiger charge is 2.28. The molecule has 0 N–H and O–H groups in total. The van der Waals surface area contributed by atoms with Gasteiger partial charge in [0.25, 0.3) is 0 Å². The summed E-state index contributed by atoms with van der Waals surface area (Å²) < 4.78 is 21.5. The molecule has 170 valence electrons. The molecule has 0 spiro atoms. The van der Waals surface area contributed by atoms with Crippen molar-refractivity contribution in [3.05, 3.63) is 42.0 Å². The molecule has 0 saturated carbocycles. The number of ketones is 1. The van der Waals surface area contributed by atoms with Crippen molar-refractivity contribution >= 4 is 23.9 Å². The van der Waals surface area contributed by atoms with Gasteiger partial charge in [-0.3, -0.25) is 9.69 Å². The molecular weight excluding hydrogens is 420 g/mol. The number of benzene rings is 2. The number of anilines is 1. The molecule has 2 aromatic rings. The second-order valence-electron chi connectivity index (χ2n) is 7.18. The van der Waals surface area contributed by atoms with E-state index >= 15 is 0 Å². The smallest absolute Gasteiger partial charge is 0.203 e. The normalized spacial score (nSPS) is 14.9. The Morgan fingerprint density at radius 2 is 1.48 bits per heavy atom. The van der Waals surface area contributed by atoms with Gasteiger partial charge >= 0.3 is 0 Å². The van der Waals surface area contributed by atoms with Crippen molar-refractivity contribution in [3.63, 3.8) is 0 Å². The highest BCUT2D eigenvalue weighted by Crippen LogP contribution is 2.38. The van der Waals surface area contributed by atoms with Gasteiger partial charge in [-0.05, 0) is 31.2 Å². The average molecular weight is 451 g/mol. The van der Waals surface area contributed by atoms with E-state index in [1.54, 1.807) is 40.6 Å². The van der Waals surface area contributed by atoms with Crippen LogP contribution >= 0.6 is 12.4 Å². The number of carbonyl (C=O) groups is 1. The zero-order valence-electron chi connectivity index (χ0n) is 18.7. The van der Waals surface area contributed by atoms with Crippen molar-refractivity contribution in [1.82, 2.24) is 4.90 Å². The fourth-order valence-electron chi connectivity index (χ4n) is 3.80. The maximum Gasteiger partial charge on any atom is 0.203 e. The van der Waals surface area contributed by atoms with Crippen molar-refractivity contribution < 1.29 is 23.7 Å². The molecule has 1 heterocycles. The first kappa shape index (κ1) is 24.6. The number of halogens is 1. The molecule has 8 heteroatoms. The maximum atomic E-state index is 13.2. The van der Waals surface area contributed by atoms with Gasteiger partial charge in [-0.15, -0.1) is 12.4 Å². The molecule has 2 aromatic carbocycles. The number of carbonyl (C=O) groups excluding carboxylic acids is 1. The average Bonchev–Trinajstić information content (AvgIpc) is 2.82. The van der Waals surface area contributed by atoms with Gasteiger partial charge in [0.2, 0.25) is 5.75 Å². The molecule has 0 amide bonds. The van der Waals surface area contributed by atoms with E-state index in [9.17, 15) is 4.79 Å². The van der Waals surface area contributed by atoms with E-state index in [0.29, 0.717) is 22.8 Å². The number of rotatable bonds is 8. The topological polar surface area (TPSA) is 60.5 Å². The summed E-state index contributed by atoms with van der Waals surface area (Å²) in [6.45, 7) is 5.25. The lowest BCUT2D eigenvalue weighted by atomic mass is 10.0. The summed E-state index contributed by atoms with van der Waals surface area (Å²) in [6.07, 6.45) is 0. The monoisotopic (exact) mass is 450 g/mol. The van der Waals surface area contributed by atoms with Crippen LogP contribution in [0.25, 0.3) is 0 Å². The second-order valence-corrected chi connectivity index (χ2v) is 7.18. The van der Waals surface area contributed by atoms with Gasteiger partial charge in [0, 0.05) is 43.5 Å². The SMILES string of the molecule is COc1cccc(N2CCN(C(C)C(=O)c3cc(OC)c(OC)c(OC)c3)CC2)c1.Cl. The second kappa shape index (κ2) is 11.1. The number of hydrogen-bond acceptors (Lipinski definition) is 7. The van der Waals surface area contributed by atoms with Crippen LogP contribution in [0, 0.1) is 0 Å². The summed E-state index contributed by atoms with van der Waals surface area (Å²) >= 11 is 0.